The summed E-state index contributed by atoms with van der Waals surface area (Å²) in [6.45, 7) is 5.68. The number of anilines is 1. The Bertz CT molecular complexity index is 628. The number of nitrogens with zero attached hydrogens (tertiary/aromatic N) is 4. The van der Waals surface area contributed by atoms with Gasteiger partial charge in [-0.3, -0.25) is 0 Å². The predicted molar refractivity (Wildman–Crippen MR) is 80.5 cm³/mol. The maximum absolute atomic E-state index is 13.5. The van der Waals surface area contributed by atoms with Crippen molar-refractivity contribution in [3.63, 3.8) is 0 Å². The molecule has 1 aromatic carbocycles. The van der Waals surface area contributed by atoms with Crippen LogP contribution in [0.4, 0.5) is 14.6 Å². The molecule has 0 radical (unpaired) electrons. The second kappa shape index (κ2) is 6.30. The molecule has 0 aliphatic rings. The summed E-state index contributed by atoms with van der Waals surface area (Å²) in [6, 6.07) is 2.47. The molecule has 21 heavy (non-hydrogen) atoms. The summed E-state index contributed by atoms with van der Waals surface area (Å²) in [5.74, 6) is -1.14. The number of hydrogen-bond donors (Lipinski definition) is 0. The minimum absolute atomic E-state index is 0.191. The van der Waals surface area contributed by atoms with Crippen LogP contribution < -0.4 is 4.90 Å². The first-order valence-corrected chi connectivity index (χ1v) is 6.91. The number of benzene rings is 1. The summed E-state index contributed by atoms with van der Waals surface area (Å²) in [4.78, 5) is 12.4. The number of hydrogen-bond acceptors (Lipinski definition) is 4. The van der Waals surface area contributed by atoms with Crippen molar-refractivity contribution in [2.24, 2.45) is 0 Å². The smallest absolute Gasteiger partial charge is 0.161 e. The molecular weight excluding hydrogens is 274 g/mol. The van der Waals surface area contributed by atoms with Gasteiger partial charge in [0.2, 0.25) is 0 Å². The Morgan fingerprint density at radius 1 is 1.05 bits per heavy atom. The van der Waals surface area contributed by atoms with Crippen LogP contribution in [-0.4, -0.2) is 48.1 Å². The van der Waals surface area contributed by atoms with Crippen molar-refractivity contribution in [3.05, 3.63) is 30.1 Å². The molecule has 0 saturated heterocycles. The first-order valence-electron chi connectivity index (χ1n) is 6.91. The van der Waals surface area contributed by atoms with Crippen LogP contribution in [0.1, 0.15) is 13.8 Å². The second-order valence-electron chi connectivity index (χ2n) is 5.57. The zero-order valence-corrected chi connectivity index (χ0v) is 12.8. The van der Waals surface area contributed by atoms with Crippen molar-refractivity contribution in [2.75, 3.05) is 32.1 Å². The summed E-state index contributed by atoms with van der Waals surface area (Å²) in [7, 11) is 3.98. The second-order valence-corrected chi connectivity index (χ2v) is 5.57. The molecule has 0 spiro atoms. The van der Waals surface area contributed by atoms with Crippen LogP contribution in [0.25, 0.3) is 10.9 Å². The lowest BCUT2D eigenvalue weighted by Crippen LogP contribution is -2.37. The van der Waals surface area contributed by atoms with Crippen LogP contribution in [0.5, 0.6) is 0 Å². The van der Waals surface area contributed by atoms with Gasteiger partial charge in [0.15, 0.2) is 11.6 Å². The number of rotatable bonds is 5. The minimum atomic E-state index is -0.892. The maximum atomic E-state index is 13.5. The van der Waals surface area contributed by atoms with E-state index >= 15 is 0 Å². The molecule has 4 nitrogen and oxygen atoms in total. The molecule has 2 aromatic rings. The van der Waals surface area contributed by atoms with Gasteiger partial charge in [-0.2, -0.15) is 0 Å². The summed E-state index contributed by atoms with van der Waals surface area (Å²) >= 11 is 0. The highest BCUT2D eigenvalue weighted by Gasteiger charge is 2.17. The van der Waals surface area contributed by atoms with Gasteiger partial charge in [0.05, 0.1) is 5.52 Å². The lowest BCUT2D eigenvalue weighted by molar-refractivity contribution is 0.408. The van der Waals surface area contributed by atoms with Crippen LogP contribution in [0.2, 0.25) is 0 Å². The van der Waals surface area contributed by atoms with E-state index in [0.29, 0.717) is 16.7 Å². The largest absolute Gasteiger partial charge is 0.352 e. The Morgan fingerprint density at radius 3 is 2.33 bits per heavy atom. The number of halogens is 2. The standard InChI is InChI=1S/C15H20F2N4/c1-10(2)21(6-5-20(3)4)15-11-7-12(16)13(17)8-14(11)18-9-19-15/h7-10H,5-6H2,1-4H3. The fraction of sp³-hybridized carbons (Fsp3) is 0.467. The van der Waals surface area contributed by atoms with Crippen LogP contribution in [0, 0.1) is 11.6 Å². The van der Waals surface area contributed by atoms with Crippen molar-refractivity contribution in [2.45, 2.75) is 19.9 Å². The van der Waals surface area contributed by atoms with E-state index in [9.17, 15) is 8.78 Å². The number of fused-ring (bicyclic) bond motifs is 1. The third kappa shape index (κ3) is 3.44. The monoisotopic (exact) mass is 294 g/mol. The normalized spacial score (nSPS) is 11.6. The van der Waals surface area contributed by atoms with Gasteiger partial charge < -0.3 is 9.80 Å². The Kier molecular flexibility index (Phi) is 4.67. The first-order chi connectivity index (χ1) is 9.90. The van der Waals surface area contributed by atoms with Gasteiger partial charge in [-0.1, -0.05) is 0 Å². The molecule has 1 aromatic heterocycles. The highest BCUT2D eigenvalue weighted by molar-refractivity contribution is 5.89. The zero-order valence-electron chi connectivity index (χ0n) is 12.8. The van der Waals surface area contributed by atoms with Crippen LogP contribution in [0.3, 0.4) is 0 Å². The molecule has 114 valence electrons. The third-order valence-electron chi connectivity index (χ3n) is 3.34. The van der Waals surface area contributed by atoms with E-state index in [-0.39, 0.29) is 6.04 Å². The first kappa shape index (κ1) is 15.6. The van der Waals surface area contributed by atoms with E-state index < -0.39 is 11.6 Å². The van der Waals surface area contributed by atoms with E-state index in [0.717, 1.165) is 19.2 Å². The minimum Gasteiger partial charge on any atom is -0.352 e. The number of aromatic nitrogens is 2. The maximum Gasteiger partial charge on any atom is 0.161 e. The average molecular weight is 294 g/mol. The van der Waals surface area contributed by atoms with Crippen molar-refractivity contribution in [3.8, 4) is 0 Å². The van der Waals surface area contributed by atoms with Gasteiger partial charge in [-0.25, -0.2) is 18.7 Å². The topological polar surface area (TPSA) is 32.3 Å². The van der Waals surface area contributed by atoms with E-state index in [4.69, 9.17) is 0 Å². The van der Waals surface area contributed by atoms with Crippen molar-refractivity contribution in [1.82, 2.24) is 14.9 Å². The Morgan fingerprint density at radius 2 is 1.71 bits per heavy atom. The average Bonchev–Trinajstić information content (AvgIpc) is 2.40. The molecule has 0 fully saturated rings. The molecule has 0 aliphatic carbocycles. The molecule has 2 rings (SSSR count). The van der Waals surface area contributed by atoms with Crippen LogP contribution >= 0.6 is 0 Å². The van der Waals surface area contributed by atoms with Gasteiger partial charge >= 0.3 is 0 Å². The number of likely N-dealkylation sites (N-methyl/N-ethyl adjacent to an activating group) is 1. The predicted octanol–water partition coefficient (Wildman–Crippen LogP) is 2.68. The summed E-state index contributed by atoms with van der Waals surface area (Å²) in [5.41, 5.74) is 0.411. The summed E-state index contributed by atoms with van der Waals surface area (Å²) in [6.07, 6.45) is 1.39. The van der Waals surface area contributed by atoms with Gasteiger partial charge in [-0.05, 0) is 34.0 Å². The van der Waals surface area contributed by atoms with E-state index in [1.165, 1.54) is 12.4 Å². The molecule has 0 unspecified atom stereocenters. The summed E-state index contributed by atoms with van der Waals surface area (Å²) in [5, 5.41) is 0.531. The molecule has 0 N–H and O–H groups in total. The van der Waals surface area contributed by atoms with Gasteiger partial charge in [0, 0.05) is 30.6 Å². The van der Waals surface area contributed by atoms with Gasteiger partial charge in [0.25, 0.3) is 0 Å². The molecule has 6 heteroatoms. The Labute approximate surface area is 123 Å². The van der Waals surface area contributed by atoms with E-state index in [2.05, 4.69) is 19.8 Å². The van der Waals surface area contributed by atoms with Gasteiger partial charge in [-0.15, -0.1) is 0 Å². The molecule has 0 amide bonds. The lowest BCUT2D eigenvalue weighted by Gasteiger charge is -2.29. The van der Waals surface area contributed by atoms with Crippen molar-refractivity contribution in [1.29, 1.82) is 0 Å². The summed E-state index contributed by atoms with van der Waals surface area (Å²) < 4.78 is 26.9. The quantitative estimate of drug-likeness (QED) is 0.848. The fourth-order valence-corrected chi connectivity index (χ4v) is 2.18. The SMILES string of the molecule is CC(C)N(CCN(C)C)c1ncnc2cc(F)c(F)cc12. The Balaban J connectivity index is 2.49. The molecule has 0 aliphatic heterocycles. The molecule has 0 bridgehead atoms. The Hall–Kier alpha value is -1.82. The van der Waals surface area contributed by atoms with Crippen molar-refractivity contribution >= 4 is 16.7 Å². The van der Waals surface area contributed by atoms with E-state index in [1.54, 1.807) is 0 Å². The molecule has 1 heterocycles. The molecule has 0 atom stereocenters. The van der Waals surface area contributed by atoms with Crippen molar-refractivity contribution < 1.29 is 8.78 Å². The highest BCUT2D eigenvalue weighted by atomic mass is 19.2. The van der Waals surface area contributed by atoms with Gasteiger partial charge in [0.1, 0.15) is 12.1 Å². The fourth-order valence-electron chi connectivity index (χ4n) is 2.18. The highest BCUT2D eigenvalue weighted by Crippen LogP contribution is 2.26. The van der Waals surface area contributed by atoms with E-state index in [1.807, 2.05) is 27.9 Å². The third-order valence-corrected chi connectivity index (χ3v) is 3.34. The lowest BCUT2D eigenvalue weighted by atomic mass is 10.2. The van der Waals surface area contributed by atoms with Crippen LogP contribution in [0.15, 0.2) is 18.5 Å². The van der Waals surface area contributed by atoms with Crippen LogP contribution in [-0.2, 0) is 0 Å². The zero-order chi connectivity index (χ0) is 15.6. The molecular formula is C15H20F2N4. The molecule has 0 saturated carbocycles.